The lowest BCUT2D eigenvalue weighted by molar-refractivity contribution is 0.489. The van der Waals surface area contributed by atoms with Crippen LogP contribution in [0, 0.1) is 0 Å². The fourth-order valence-corrected chi connectivity index (χ4v) is 12.0. The van der Waals surface area contributed by atoms with Crippen LogP contribution in [0.1, 0.15) is 29.0 Å². The Labute approximate surface area is 447 Å². The molecule has 362 valence electrons. The predicted molar refractivity (Wildman–Crippen MR) is 314 cm³/mol. The van der Waals surface area contributed by atoms with Crippen molar-refractivity contribution in [2.24, 2.45) is 0 Å². The monoisotopic (exact) mass is 984 g/mol. The van der Waals surface area contributed by atoms with Gasteiger partial charge in [-0.25, -0.2) is 15.0 Å². The highest BCUT2D eigenvalue weighted by Gasteiger charge is 2.29. The SMILES string of the molecule is c1ccc(-c2nc(-c3ccccc3)nc(-c3cc(-c4ccc5c(c4)c4ccccc4n5-c4ccccc4)cc4c3Oc3ccc(-c5ccc6c(c5)-c5ccccc5C(c5ccccc5)CC6)cc3-c3ccccc3-4)n2)cc1. The number of benzene rings is 11. The van der Waals surface area contributed by atoms with Gasteiger partial charge in [-0.05, 0) is 135 Å². The van der Waals surface area contributed by atoms with Gasteiger partial charge in [-0.3, -0.25) is 0 Å². The highest BCUT2D eigenvalue weighted by Crippen LogP contribution is 2.53. The maximum Gasteiger partial charge on any atom is 0.167 e. The highest BCUT2D eigenvalue weighted by atomic mass is 16.5. The fourth-order valence-electron chi connectivity index (χ4n) is 12.0. The van der Waals surface area contributed by atoms with E-state index in [4.69, 9.17) is 19.7 Å². The second-order valence-corrected chi connectivity index (χ2v) is 20.2. The zero-order chi connectivity index (χ0) is 50.8. The molecular weight excluding hydrogens is 937 g/mol. The molecule has 1 aliphatic heterocycles. The van der Waals surface area contributed by atoms with Crippen molar-refractivity contribution in [3.8, 4) is 107 Å². The van der Waals surface area contributed by atoms with Gasteiger partial charge in [0.05, 0.1) is 16.6 Å². The first-order chi connectivity index (χ1) is 38.2. The van der Waals surface area contributed by atoms with Crippen LogP contribution in [0.25, 0.3) is 117 Å². The summed E-state index contributed by atoms with van der Waals surface area (Å²) in [4.78, 5) is 15.8. The van der Waals surface area contributed by atoms with E-state index in [9.17, 15) is 0 Å². The van der Waals surface area contributed by atoms with Crippen molar-refractivity contribution in [1.29, 1.82) is 0 Å². The van der Waals surface area contributed by atoms with E-state index in [-0.39, 0.29) is 0 Å². The third-order valence-electron chi connectivity index (χ3n) is 15.7. The van der Waals surface area contributed by atoms with Crippen LogP contribution in [-0.4, -0.2) is 19.5 Å². The van der Waals surface area contributed by atoms with Crippen molar-refractivity contribution < 1.29 is 4.74 Å². The molecule has 0 bridgehead atoms. The molecule has 0 saturated heterocycles. The third-order valence-corrected chi connectivity index (χ3v) is 15.7. The second-order valence-electron chi connectivity index (χ2n) is 20.2. The van der Waals surface area contributed by atoms with Crippen LogP contribution in [0.2, 0.25) is 0 Å². The summed E-state index contributed by atoms with van der Waals surface area (Å²) in [6.07, 6.45) is 2.06. The van der Waals surface area contributed by atoms with Gasteiger partial charge in [0, 0.05) is 44.6 Å². The lowest BCUT2D eigenvalue weighted by Gasteiger charge is -2.18. The molecule has 0 amide bonds. The summed E-state index contributed by atoms with van der Waals surface area (Å²) < 4.78 is 9.79. The van der Waals surface area contributed by atoms with Gasteiger partial charge in [0.15, 0.2) is 17.5 Å². The molecule has 5 heteroatoms. The van der Waals surface area contributed by atoms with E-state index in [0.29, 0.717) is 29.1 Å². The lowest BCUT2D eigenvalue weighted by Crippen LogP contribution is -2.02. The van der Waals surface area contributed by atoms with Gasteiger partial charge in [0.25, 0.3) is 0 Å². The zero-order valence-corrected chi connectivity index (χ0v) is 42.0. The molecule has 77 heavy (non-hydrogen) atoms. The van der Waals surface area contributed by atoms with E-state index in [1.807, 2.05) is 36.4 Å². The topological polar surface area (TPSA) is 52.8 Å². The van der Waals surface area contributed by atoms with Gasteiger partial charge in [-0.15, -0.1) is 0 Å². The Kier molecular flexibility index (Phi) is 10.7. The second kappa shape index (κ2) is 18.4. The van der Waals surface area contributed by atoms with Gasteiger partial charge in [0.1, 0.15) is 11.5 Å². The number of fused-ring (bicyclic) bond motifs is 11. The van der Waals surface area contributed by atoms with Crippen LogP contribution in [0.3, 0.4) is 0 Å². The molecule has 1 aliphatic carbocycles. The lowest BCUT2D eigenvalue weighted by atomic mass is 9.85. The van der Waals surface area contributed by atoms with Crippen LogP contribution < -0.4 is 4.74 Å². The first-order valence-electron chi connectivity index (χ1n) is 26.5. The fraction of sp³-hybridized carbons (Fsp3) is 0.0417. The molecule has 15 rings (SSSR count). The average Bonchev–Trinajstić information content (AvgIpc) is 3.75. The van der Waals surface area contributed by atoms with Crippen LogP contribution in [-0.2, 0) is 6.42 Å². The van der Waals surface area contributed by atoms with Crippen LogP contribution in [0.4, 0.5) is 0 Å². The minimum atomic E-state index is 0.327. The molecule has 1 atom stereocenters. The molecule has 1 unspecified atom stereocenters. The van der Waals surface area contributed by atoms with E-state index in [2.05, 4.69) is 229 Å². The Balaban J connectivity index is 0.926. The number of hydrogen-bond acceptors (Lipinski definition) is 4. The zero-order valence-electron chi connectivity index (χ0n) is 42.0. The first-order valence-corrected chi connectivity index (χ1v) is 26.5. The summed E-state index contributed by atoms with van der Waals surface area (Å²) in [5, 5.41) is 2.36. The van der Waals surface area contributed by atoms with Gasteiger partial charge in [0.2, 0.25) is 0 Å². The normalized spacial score (nSPS) is 13.3. The van der Waals surface area contributed by atoms with Crippen molar-refractivity contribution in [2.75, 3.05) is 0 Å². The Morgan fingerprint density at radius 1 is 0.351 bits per heavy atom. The smallest absolute Gasteiger partial charge is 0.167 e. The summed E-state index contributed by atoms with van der Waals surface area (Å²) in [5.74, 6) is 3.47. The van der Waals surface area contributed by atoms with Crippen molar-refractivity contribution in [3.63, 3.8) is 0 Å². The molecule has 0 fully saturated rings. The maximum atomic E-state index is 7.43. The number of para-hydroxylation sites is 2. The number of hydrogen-bond donors (Lipinski definition) is 0. The number of nitrogens with zero attached hydrogens (tertiary/aromatic N) is 4. The predicted octanol–water partition coefficient (Wildman–Crippen LogP) is 18.5. The van der Waals surface area contributed by atoms with Gasteiger partial charge >= 0.3 is 0 Å². The first kappa shape index (κ1) is 44.5. The molecule has 5 nitrogen and oxygen atoms in total. The van der Waals surface area contributed by atoms with Crippen LogP contribution in [0.5, 0.6) is 11.5 Å². The quantitative estimate of drug-likeness (QED) is 0.160. The average molecular weight is 985 g/mol. The maximum absolute atomic E-state index is 7.43. The standard InChI is InChI=1S/C72H48N4O/c1-5-19-46(20-6-1)55-38-35-47-33-34-50(41-61(47)57-28-14-13-27-56(55)57)51-37-40-68-63(43-51)58-29-15-16-30-59(58)64-44-53(52-36-39-67-62(42-52)60-31-17-18-32-66(60)76(67)54-25-11-4-12-26-54)45-65(69(64)77-68)72-74-70(48-21-7-2-8-22-48)73-71(75-72)49-23-9-3-10-24-49/h1-34,36-37,39-45,55H,35,38H2. The van der Waals surface area contributed by atoms with E-state index in [0.717, 1.165) is 96.5 Å². The molecular formula is C72H48N4O. The molecule has 3 heterocycles. The van der Waals surface area contributed by atoms with E-state index < -0.39 is 0 Å². The molecule has 0 radical (unpaired) electrons. The molecule has 2 aromatic heterocycles. The summed E-state index contributed by atoms with van der Waals surface area (Å²) in [7, 11) is 0. The number of aromatic nitrogens is 4. The summed E-state index contributed by atoms with van der Waals surface area (Å²) >= 11 is 0. The van der Waals surface area contributed by atoms with E-state index >= 15 is 0 Å². The largest absolute Gasteiger partial charge is 0.455 e. The van der Waals surface area contributed by atoms with E-state index in [1.54, 1.807) is 0 Å². The molecule has 2 aliphatic rings. The van der Waals surface area contributed by atoms with Crippen molar-refractivity contribution in [3.05, 3.63) is 278 Å². The summed E-state index contributed by atoms with van der Waals surface area (Å²) in [5.41, 5.74) is 21.2. The number of ether oxygens (including phenoxy) is 1. The van der Waals surface area contributed by atoms with E-state index in [1.165, 1.54) is 38.6 Å². The minimum Gasteiger partial charge on any atom is -0.455 e. The summed E-state index contributed by atoms with van der Waals surface area (Å²) in [6.45, 7) is 0. The van der Waals surface area contributed by atoms with Gasteiger partial charge < -0.3 is 9.30 Å². The van der Waals surface area contributed by atoms with Gasteiger partial charge in [-0.2, -0.15) is 0 Å². The Morgan fingerprint density at radius 3 is 1.62 bits per heavy atom. The Bertz CT molecular complexity index is 4360. The molecule has 11 aromatic carbocycles. The molecule has 13 aromatic rings. The Hall–Kier alpha value is -9.97. The third kappa shape index (κ3) is 7.74. The van der Waals surface area contributed by atoms with Crippen molar-refractivity contribution >= 4 is 21.8 Å². The number of aryl methyl sites for hydroxylation is 1. The molecule has 0 spiro atoms. The minimum absolute atomic E-state index is 0.327. The van der Waals surface area contributed by atoms with Crippen LogP contribution in [0.15, 0.2) is 261 Å². The molecule has 0 saturated carbocycles. The van der Waals surface area contributed by atoms with Crippen molar-refractivity contribution in [1.82, 2.24) is 19.5 Å². The Morgan fingerprint density at radius 2 is 0.883 bits per heavy atom. The highest BCUT2D eigenvalue weighted by molar-refractivity contribution is 6.11. The summed E-state index contributed by atoms with van der Waals surface area (Å²) in [6, 6.07) is 93.5. The van der Waals surface area contributed by atoms with Crippen LogP contribution >= 0.6 is 0 Å². The number of rotatable bonds is 7. The molecule has 0 N–H and O–H groups in total. The van der Waals surface area contributed by atoms with Gasteiger partial charge in [-0.1, -0.05) is 200 Å². The van der Waals surface area contributed by atoms with Crippen molar-refractivity contribution in [2.45, 2.75) is 18.8 Å².